The molecule has 0 aromatic carbocycles. The van der Waals surface area contributed by atoms with Crippen molar-refractivity contribution in [3.8, 4) is 0 Å². The lowest BCUT2D eigenvalue weighted by Crippen LogP contribution is -2.30. The van der Waals surface area contributed by atoms with E-state index >= 15 is 0 Å². The first-order valence-electron chi connectivity index (χ1n) is 33.5. The van der Waals surface area contributed by atoms with Crippen LogP contribution in [0.5, 0.6) is 0 Å². The third-order valence-electron chi connectivity index (χ3n) is 15.1. The van der Waals surface area contributed by atoms with Crippen LogP contribution in [0, 0.1) is 0 Å². The molecular weight excluding hydrogens is 925 g/mol. The first kappa shape index (κ1) is 72.6. The number of hydrogen-bond donors (Lipinski definition) is 0. The largest absolute Gasteiger partial charge is 0.462 e. The van der Waals surface area contributed by atoms with E-state index in [1.807, 2.05) is 0 Å². The maximum Gasteiger partial charge on any atom is 0.306 e. The van der Waals surface area contributed by atoms with E-state index in [1.165, 1.54) is 250 Å². The summed E-state index contributed by atoms with van der Waals surface area (Å²) >= 11 is 0. The van der Waals surface area contributed by atoms with Crippen molar-refractivity contribution in [1.29, 1.82) is 0 Å². The number of esters is 3. The number of unbranched alkanes of at least 4 members (excludes halogenated alkanes) is 45. The van der Waals surface area contributed by atoms with E-state index in [9.17, 15) is 14.4 Å². The fraction of sp³-hybridized carbons (Fsp3) is 0.870. The second-order valence-corrected chi connectivity index (χ2v) is 22.7. The first-order chi connectivity index (χ1) is 37.0. The number of allylic oxidation sites excluding steroid dienone is 6. The van der Waals surface area contributed by atoms with Crippen LogP contribution in [0.3, 0.4) is 0 Å². The zero-order chi connectivity index (χ0) is 54.3. The van der Waals surface area contributed by atoms with Crippen LogP contribution in [0.15, 0.2) is 36.5 Å². The molecule has 6 nitrogen and oxygen atoms in total. The number of hydrogen-bond acceptors (Lipinski definition) is 6. The lowest BCUT2D eigenvalue weighted by Gasteiger charge is -2.18. The Morgan fingerprint density at radius 2 is 0.480 bits per heavy atom. The van der Waals surface area contributed by atoms with Crippen LogP contribution in [0.4, 0.5) is 0 Å². The van der Waals surface area contributed by atoms with Crippen molar-refractivity contribution in [2.75, 3.05) is 13.2 Å². The van der Waals surface area contributed by atoms with Gasteiger partial charge < -0.3 is 14.2 Å². The minimum Gasteiger partial charge on any atom is -0.462 e. The Bertz CT molecular complexity index is 1250. The van der Waals surface area contributed by atoms with Gasteiger partial charge >= 0.3 is 17.9 Å². The molecule has 6 heteroatoms. The summed E-state index contributed by atoms with van der Waals surface area (Å²) in [6, 6.07) is 0. The molecule has 0 heterocycles. The second kappa shape index (κ2) is 64.2. The Morgan fingerprint density at radius 3 is 0.787 bits per heavy atom. The van der Waals surface area contributed by atoms with E-state index in [2.05, 4.69) is 57.2 Å². The van der Waals surface area contributed by atoms with E-state index < -0.39 is 6.10 Å². The summed E-state index contributed by atoms with van der Waals surface area (Å²) in [5.41, 5.74) is 0. The molecule has 0 saturated carbocycles. The van der Waals surface area contributed by atoms with Gasteiger partial charge in [-0.3, -0.25) is 14.4 Å². The highest BCUT2D eigenvalue weighted by Gasteiger charge is 2.19. The van der Waals surface area contributed by atoms with Crippen LogP contribution >= 0.6 is 0 Å². The molecule has 1 atom stereocenters. The van der Waals surface area contributed by atoms with Gasteiger partial charge in [-0.2, -0.15) is 0 Å². The molecule has 0 fully saturated rings. The summed E-state index contributed by atoms with van der Waals surface area (Å²) in [5, 5.41) is 0. The molecule has 0 spiro atoms. The molecule has 0 aromatic rings. The molecule has 0 amide bonds. The number of carbonyl (C=O) groups excluding carboxylic acids is 3. The smallest absolute Gasteiger partial charge is 0.306 e. The van der Waals surface area contributed by atoms with E-state index in [1.54, 1.807) is 0 Å². The average molecular weight is 1050 g/mol. The van der Waals surface area contributed by atoms with Gasteiger partial charge in [-0.25, -0.2) is 0 Å². The van der Waals surface area contributed by atoms with Crippen molar-refractivity contribution < 1.29 is 28.6 Å². The van der Waals surface area contributed by atoms with Crippen LogP contribution in [0.1, 0.15) is 367 Å². The monoisotopic (exact) mass is 1050 g/mol. The maximum atomic E-state index is 12.9. The molecule has 0 aliphatic carbocycles. The molecular formula is C69H128O6. The Hall–Kier alpha value is -2.37. The summed E-state index contributed by atoms with van der Waals surface area (Å²) in [7, 11) is 0. The zero-order valence-electron chi connectivity index (χ0n) is 50.6. The highest BCUT2D eigenvalue weighted by molar-refractivity contribution is 5.71. The number of carbonyl (C=O) groups is 3. The average Bonchev–Trinajstić information content (AvgIpc) is 3.41. The summed E-state index contributed by atoms with van der Waals surface area (Å²) < 4.78 is 16.9. The lowest BCUT2D eigenvalue weighted by atomic mass is 10.0. The van der Waals surface area contributed by atoms with E-state index in [0.29, 0.717) is 19.3 Å². The van der Waals surface area contributed by atoms with Gasteiger partial charge in [-0.1, -0.05) is 308 Å². The number of rotatable bonds is 62. The van der Waals surface area contributed by atoms with Crippen molar-refractivity contribution in [2.45, 2.75) is 374 Å². The normalized spacial score (nSPS) is 12.2. The van der Waals surface area contributed by atoms with E-state index in [-0.39, 0.29) is 31.1 Å². The summed E-state index contributed by atoms with van der Waals surface area (Å²) in [6.45, 7) is 6.65. The van der Waals surface area contributed by atoms with Gasteiger partial charge in [0.15, 0.2) is 6.10 Å². The summed E-state index contributed by atoms with van der Waals surface area (Å²) in [5.74, 6) is -0.868. The van der Waals surface area contributed by atoms with Gasteiger partial charge in [-0.05, 0) is 77.0 Å². The third-order valence-corrected chi connectivity index (χ3v) is 15.1. The third kappa shape index (κ3) is 62.4. The van der Waals surface area contributed by atoms with Crippen molar-refractivity contribution in [2.24, 2.45) is 0 Å². The van der Waals surface area contributed by atoms with Crippen LogP contribution < -0.4 is 0 Å². The Balaban J connectivity index is 4.20. The van der Waals surface area contributed by atoms with Gasteiger partial charge in [0.1, 0.15) is 13.2 Å². The Labute approximate surface area is 467 Å². The first-order valence-corrected chi connectivity index (χ1v) is 33.5. The molecule has 0 N–H and O–H groups in total. The van der Waals surface area contributed by atoms with E-state index in [0.717, 1.165) is 77.0 Å². The second-order valence-electron chi connectivity index (χ2n) is 22.7. The molecule has 0 rings (SSSR count). The van der Waals surface area contributed by atoms with Crippen molar-refractivity contribution in [3.05, 3.63) is 36.5 Å². The lowest BCUT2D eigenvalue weighted by molar-refractivity contribution is -0.167. The molecule has 0 saturated heterocycles. The highest BCUT2D eigenvalue weighted by Crippen LogP contribution is 2.18. The molecule has 1 unspecified atom stereocenters. The highest BCUT2D eigenvalue weighted by atomic mass is 16.6. The fourth-order valence-electron chi connectivity index (χ4n) is 10.1. The van der Waals surface area contributed by atoms with Gasteiger partial charge in [0.05, 0.1) is 0 Å². The summed E-state index contributed by atoms with van der Waals surface area (Å²) in [4.78, 5) is 38.3. The Morgan fingerprint density at radius 1 is 0.267 bits per heavy atom. The molecule has 0 aromatic heterocycles. The minimum absolute atomic E-state index is 0.0739. The van der Waals surface area contributed by atoms with Crippen LogP contribution in [-0.2, 0) is 28.6 Å². The quantitative estimate of drug-likeness (QED) is 0.0261. The summed E-state index contributed by atoms with van der Waals surface area (Å²) in [6.07, 6.45) is 78.8. The molecule has 440 valence electrons. The van der Waals surface area contributed by atoms with Crippen LogP contribution in [0.2, 0.25) is 0 Å². The van der Waals surface area contributed by atoms with Gasteiger partial charge in [-0.15, -0.1) is 0 Å². The molecule has 0 aliphatic heterocycles. The molecule has 0 aliphatic rings. The van der Waals surface area contributed by atoms with Gasteiger partial charge in [0, 0.05) is 19.3 Å². The molecule has 0 radical (unpaired) electrons. The van der Waals surface area contributed by atoms with Crippen molar-refractivity contribution >= 4 is 17.9 Å². The van der Waals surface area contributed by atoms with Crippen molar-refractivity contribution in [1.82, 2.24) is 0 Å². The number of ether oxygens (including phenoxy) is 3. The Kier molecular flexibility index (Phi) is 62.1. The van der Waals surface area contributed by atoms with E-state index in [4.69, 9.17) is 14.2 Å². The fourth-order valence-corrected chi connectivity index (χ4v) is 10.1. The zero-order valence-corrected chi connectivity index (χ0v) is 50.6. The maximum absolute atomic E-state index is 12.9. The van der Waals surface area contributed by atoms with Crippen LogP contribution in [-0.4, -0.2) is 37.2 Å². The van der Waals surface area contributed by atoms with Crippen molar-refractivity contribution in [3.63, 3.8) is 0 Å². The SMILES string of the molecule is CCCCC/C=C\C/C=C\CCCCCCCCCC(=O)OC(COC(=O)CCCCCCC/C=C\CCCCCC)COC(=O)CCCCCCCCCCCCCCCCCCCCCCCCCCCCC. The minimum atomic E-state index is -0.778. The van der Waals surface area contributed by atoms with Gasteiger partial charge in [0.2, 0.25) is 0 Å². The molecule has 0 bridgehead atoms. The predicted octanol–water partition coefficient (Wildman–Crippen LogP) is 22.8. The standard InChI is InChI=1S/C69H128O6/c1-4-7-10-13-16-19-22-25-27-29-30-31-32-33-34-35-36-37-38-40-41-44-47-50-53-56-59-62-68(71)74-65-66(64-73-67(70)61-58-55-52-49-46-43-24-21-18-15-12-9-6-3)75-69(72)63-60-57-54-51-48-45-42-39-28-26-23-20-17-14-11-8-5-2/h17,20-21,24,26,28,66H,4-16,18-19,22-23,25,27,29-65H2,1-3H3/b20-17-,24-21-,28-26-. The van der Waals surface area contributed by atoms with Crippen LogP contribution in [0.25, 0.3) is 0 Å². The molecule has 75 heavy (non-hydrogen) atoms. The van der Waals surface area contributed by atoms with Gasteiger partial charge in [0.25, 0.3) is 0 Å². The topological polar surface area (TPSA) is 78.9 Å². The predicted molar refractivity (Wildman–Crippen MR) is 326 cm³/mol.